The third-order valence-electron chi connectivity index (χ3n) is 2.81. The summed E-state index contributed by atoms with van der Waals surface area (Å²) in [7, 11) is 0. The molecule has 2 aromatic rings. The third-order valence-corrected chi connectivity index (χ3v) is 2.81. The van der Waals surface area contributed by atoms with E-state index in [2.05, 4.69) is 10.6 Å². The first-order valence-electron chi connectivity index (χ1n) is 6.44. The second kappa shape index (κ2) is 6.88. The van der Waals surface area contributed by atoms with E-state index in [4.69, 9.17) is 4.42 Å². The highest BCUT2D eigenvalue weighted by Gasteiger charge is 2.09. The van der Waals surface area contributed by atoms with Gasteiger partial charge in [0.1, 0.15) is 11.9 Å². The number of furan rings is 1. The van der Waals surface area contributed by atoms with E-state index in [0.717, 1.165) is 11.3 Å². The molecule has 20 heavy (non-hydrogen) atoms. The zero-order valence-corrected chi connectivity index (χ0v) is 11.3. The van der Waals surface area contributed by atoms with Crippen molar-refractivity contribution in [1.82, 2.24) is 5.32 Å². The van der Waals surface area contributed by atoms with Gasteiger partial charge in [0.25, 0.3) is 0 Å². The Balaban J connectivity index is 1.78. The van der Waals surface area contributed by atoms with Crippen LogP contribution in [-0.4, -0.2) is 17.6 Å². The van der Waals surface area contributed by atoms with Crippen molar-refractivity contribution in [1.29, 1.82) is 0 Å². The van der Waals surface area contributed by atoms with Gasteiger partial charge in [-0.2, -0.15) is 0 Å². The van der Waals surface area contributed by atoms with Crippen molar-refractivity contribution in [2.75, 3.05) is 11.9 Å². The minimum Gasteiger partial charge on any atom is -0.467 e. The topological polar surface area (TPSA) is 74.5 Å². The van der Waals surface area contributed by atoms with Gasteiger partial charge in [0, 0.05) is 25.7 Å². The molecule has 3 N–H and O–H groups in total. The van der Waals surface area contributed by atoms with Gasteiger partial charge in [-0.05, 0) is 29.8 Å². The minimum atomic E-state index is -0.649. The molecule has 1 aromatic heterocycles. The van der Waals surface area contributed by atoms with Crippen LogP contribution in [0.1, 0.15) is 24.4 Å². The number of anilines is 1. The van der Waals surface area contributed by atoms with Gasteiger partial charge >= 0.3 is 0 Å². The summed E-state index contributed by atoms with van der Waals surface area (Å²) in [6.07, 6.45) is 0.892. The van der Waals surface area contributed by atoms with Gasteiger partial charge in [-0.1, -0.05) is 12.1 Å². The van der Waals surface area contributed by atoms with Crippen molar-refractivity contribution in [3.63, 3.8) is 0 Å². The van der Waals surface area contributed by atoms with E-state index < -0.39 is 6.10 Å². The summed E-state index contributed by atoms with van der Waals surface area (Å²) in [4.78, 5) is 10.9. The van der Waals surface area contributed by atoms with E-state index in [9.17, 15) is 9.90 Å². The zero-order valence-electron chi connectivity index (χ0n) is 11.3. The molecule has 1 atom stereocenters. The fraction of sp³-hybridized carbons (Fsp3) is 0.267. The van der Waals surface area contributed by atoms with Gasteiger partial charge in [-0.25, -0.2) is 0 Å². The van der Waals surface area contributed by atoms with Crippen molar-refractivity contribution in [3.05, 3.63) is 54.0 Å². The molecule has 2 rings (SSSR count). The van der Waals surface area contributed by atoms with Crippen LogP contribution in [0, 0.1) is 0 Å². The Morgan fingerprint density at radius 1 is 1.30 bits per heavy atom. The van der Waals surface area contributed by atoms with Gasteiger partial charge in [-0.15, -0.1) is 0 Å². The molecular formula is C15H18N2O3. The average molecular weight is 274 g/mol. The lowest BCUT2D eigenvalue weighted by atomic mass is 10.2. The third kappa shape index (κ3) is 4.22. The first kappa shape index (κ1) is 14.3. The fourth-order valence-corrected chi connectivity index (χ4v) is 1.84. The molecule has 1 unspecified atom stereocenters. The highest BCUT2D eigenvalue weighted by molar-refractivity contribution is 5.88. The smallest absolute Gasteiger partial charge is 0.221 e. The predicted molar refractivity (Wildman–Crippen MR) is 76.1 cm³/mol. The van der Waals surface area contributed by atoms with Crippen molar-refractivity contribution in [2.45, 2.75) is 19.6 Å². The zero-order chi connectivity index (χ0) is 14.4. The maximum Gasteiger partial charge on any atom is 0.221 e. The molecule has 0 spiro atoms. The first-order valence-corrected chi connectivity index (χ1v) is 6.44. The summed E-state index contributed by atoms with van der Waals surface area (Å²) in [6.45, 7) is 2.53. The van der Waals surface area contributed by atoms with Crippen molar-refractivity contribution >= 4 is 11.6 Å². The monoisotopic (exact) mass is 274 g/mol. The molecule has 1 aromatic carbocycles. The van der Waals surface area contributed by atoms with E-state index in [1.807, 2.05) is 24.3 Å². The normalized spacial score (nSPS) is 12.1. The SMILES string of the molecule is CC(=O)Nc1ccc(CNCC(O)c2ccco2)cc1. The standard InChI is InChI=1S/C15H18N2O3/c1-11(18)17-13-6-4-12(5-7-13)9-16-10-14(19)15-3-2-8-20-15/h2-8,14,16,19H,9-10H2,1H3,(H,17,18). The van der Waals surface area contributed by atoms with Gasteiger partial charge in [-0.3, -0.25) is 4.79 Å². The molecule has 5 nitrogen and oxygen atoms in total. The van der Waals surface area contributed by atoms with Crippen LogP contribution in [0.5, 0.6) is 0 Å². The minimum absolute atomic E-state index is 0.0857. The lowest BCUT2D eigenvalue weighted by molar-refractivity contribution is -0.114. The second-order valence-corrected chi connectivity index (χ2v) is 4.54. The highest BCUT2D eigenvalue weighted by Crippen LogP contribution is 2.12. The number of nitrogens with one attached hydrogen (secondary N) is 2. The average Bonchev–Trinajstić information content (AvgIpc) is 2.94. The molecule has 0 saturated carbocycles. The molecule has 0 bridgehead atoms. The molecule has 0 saturated heterocycles. The number of carbonyl (C=O) groups is 1. The summed E-state index contributed by atoms with van der Waals surface area (Å²) in [5, 5.41) is 15.7. The lowest BCUT2D eigenvalue weighted by Crippen LogP contribution is -2.20. The number of carbonyl (C=O) groups excluding carboxylic acids is 1. The van der Waals surface area contributed by atoms with Crippen molar-refractivity contribution in [2.24, 2.45) is 0 Å². The Bertz CT molecular complexity index is 535. The number of hydrogen-bond donors (Lipinski definition) is 3. The molecule has 5 heteroatoms. The molecule has 0 aliphatic carbocycles. The number of benzene rings is 1. The maximum atomic E-state index is 10.9. The number of aliphatic hydroxyl groups excluding tert-OH is 1. The van der Waals surface area contributed by atoms with Gasteiger partial charge in [0.2, 0.25) is 5.91 Å². The van der Waals surface area contributed by atoms with Crippen LogP contribution in [0.25, 0.3) is 0 Å². The molecule has 106 valence electrons. The number of rotatable bonds is 6. The molecule has 1 amide bonds. The summed E-state index contributed by atoms with van der Waals surface area (Å²) >= 11 is 0. The van der Waals surface area contributed by atoms with E-state index >= 15 is 0 Å². The van der Waals surface area contributed by atoms with Gasteiger partial charge in [0.05, 0.1) is 6.26 Å². The van der Waals surface area contributed by atoms with E-state index in [1.165, 1.54) is 6.92 Å². The number of amides is 1. The number of hydrogen-bond acceptors (Lipinski definition) is 4. The highest BCUT2D eigenvalue weighted by atomic mass is 16.4. The van der Waals surface area contributed by atoms with Crippen molar-refractivity contribution in [3.8, 4) is 0 Å². The summed E-state index contributed by atoms with van der Waals surface area (Å²) in [6, 6.07) is 11.0. The Kier molecular flexibility index (Phi) is 4.92. The Morgan fingerprint density at radius 2 is 2.05 bits per heavy atom. The maximum absolute atomic E-state index is 10.9. The van der Waals surface area contributed by atoms with Crippen LogP contribution >= 0.6 is 0 Å². The Hall–Kier alpha value is -2.11. The molecule has 0 fully saturated rings. The van der Waals surface area contributed by atoms with Crippen LogP contribution in [0.3, 0.4) is 0 Å². The van der Waals surface area contributed by atoms with Crippen LogP contribution in [0.2, 0.25) is 0 Å². The van der Waals surface area contributed by atoms with Crippen LogP contribution < -0.4 is 10.6 Å². The second-order valence-electron chi connectivity index (χ2n) is 4.54. The lowest BCUT2D eigenvalue weighted by Gasteiger charge is -2.10. The van der Waals surface area contributed by atoms with Crippen LogP contribution in [0.15, 0.2) is 47.1 Å². The van der Waals surface area contributed by atoms with Gasteiger partial charge < -0.3 is 20.2 Å². The molecule has 0 radical (unpaired) electrons. The van der Waals surface area contributed by atoms with Crippen LogP contribution in [0.4, 0.5) is 5.69 Å². The Morgan fingerprint density at radius 3 is 2.65 bits per heavy atom. The molecule has 0 aliphatic heterocycles. The largest absolute Gasteiger partial charge is 0.467 e. The predicted octanol–water partition coefficient (Wildman–Crippen LogP) is 2.06. The fourth-order valence-electron chi connectivity index (χ4n) is 1.84. The summed E-state index contributed by atoms with van der Waals surface area (Å²) in [5.74, 6) is 0.468. The van der Waals surface area contributed by atoms with Crippen molar-refractivity contribution < 1.29 is 14.3 Å². The first-order chi connectivity index (χ1) is 9.65. The molecular weight excluding hydrogens is 256 g/mol. The summed E-state index contributed by atoms with van der Waals surface area (Å²) in [5.41, 5.74) is 1.85. The van der Waals surface area contributed by atoms with E-state index in [1.54, 1.807) is 18.4 Å². The van der Waals surface area contributed by atoms with Crippen LogP contribution in [-0.2, 0) is 11.3 Å². The summed E-state index contributed by atoms with van der Waals surface area (Å²) < 4.78 is 5.12. The Labute approximate surface area is 117 Å². The van der Waals surface area contributed by atoms with Gasteiger partial charge in [0.15, 0.2) is 0 Å². The molecule has 0 aliphatic rings. The van der Waals surface area contributed by atoms with E-state index in [0.29, 0.717) is 18.8 Å². The quantitative estimate of drug-likeness (QED) is 0.753. The molecule has 1 heterocycles. The number of aliphatic hydroxyl groups is 1. The van der Waals surface area contributed by atoms with E-state index in [-0.39, 0.29) is 5.91 Å².